The average molecular weight is 299 g/mol. The van der Waals surface area contributed by atoms with Gasteiger partial charge in [0.05, 0.1) is 11.7 Å². The Bertz CT molecular complexity index is 779. The van der Waals surface area contributed by atoms with Gasteiger partial charge < -0.3 is 15.2 Å². The van der Waals surface area contributed by atoms with Gasteiger partial charge in [-0.15, -0.1) is 0 Å². The minimum Gasteiger partial charge on any atom is -0.545 e. The van der Waals surface area contributed by atoms with Crippen molar-refractivity contribution in [3.63, 3.8) is 0 Å². The first-order valence-electron chi connectivity index (χ1n) is 6.19. The lowest BCUT2D eigenvalue weighted by Gasteiger charge is -2.03. The third kappa shape index (κ3) is 2.53. The first-order valence-corrected chi connectivity index (χ1v) is 6.57. The maximum Gasteiger partial charge on any atom is 0.256 e. The maximum atomic E-state index is 12.0. The van der Waals surface area contributed by atoms with Crippen LogP contribution in [0, 0.1) is 0 Å². The zero-order chi connectivity index (χ0) is 15.0. The summed E-state index contributed by atoms with van der Waals surface area (Å²) in [5.41, 5.74) is 2.79. The number of anilines is 1. The molecule has 0 atom stereocenters. The molecule has 104 valence electrons. The van der Waals surface area contributed by atoms with Crippen molar-refractivity contribution < 1.29 is 14.7 Å². The van der Waals surface area contributed by atoms with Gasteiger partial charge in [0.25, 0.3) is 5.91 Å². The lowest BCUT2D eigenvalue weighted by atomic mass is 10.0. The first-order chi connectivity index (χ1) is 10.0. The van der Waals surface area contributed by atoms with Gasteiger partial charge >= 0.3 is 0 Å². The van der Waals surface area contributed by atoms with Gasteiger partial charge in [0, 0.05) is 16.2 Å². The summed E-state index contributed by atoms with van der Waals surface area (Å²) in [6.07, 6.45) is 1.70. The van der Waals surface area contributed by atoms with Gasteiger partial charge in [0.15, 0.2) is 0 Å². The Balaban J connectivity index is 2.00. The highest BCUT2D eigenvalue weighted by atomic mass is 35.5. The normalized spacial score (nSPS) is 14.9. The zero-order valence-electron chi connectivity index (χ0n) is 10.7. The van der Waals surface area contributed by atoms with Gasteiger partial charge in [-0.25, -0.2) is 0 Å². The third-order valence-electron chi connectivity index (χ3n) is 3.22. The minimum atomic E-state index is -1.23. The van der Waals surface area contributed by atoms with Crippen LogP contribution in [0.1, 0.15) is 21.5 Å². The Morgan fingerprint density at radius 1 is 1.14 bits per heavy atom. The van der Waals surface area contributed by atoms with Gasteiger partial charge in [-0.05, 0) is 29.3 Å². The number of carboxylic acids is 1. The standard InChI is InChI=1S/C16H10ClNO3/c17-11-5-6-12-13(15(19)18-14(12)8-11)7-9-1-3-10(4-2-9)16(20)21/h1-8H,(H,18,19)(H,20,21)/p-1/b13-7+. The third-order valence-corrected chi connectivity index (χ3v) is 3.46. The molecule has 1 heterocycles. The SMILES string of the molecule is O=C1Nc2cc(Cl)ccc2/C1=C\c1ccc(C(=O)[O-])cc1. The van der Waals surface area contributed by atoms with Crippen molar-refractivity contribution in [1.29, 1.82) is 0 Å². The van der Waals surface area contributed by atoms with E-state index in [0.717, 1.165) is 11.1 Å². The van der Waals surface area contributed by atoms with Crippen LogP contribution < -0.4 is 10.4 Å². The number of rotatable bonds is 2. The van der Waals surface area contributed by atoms with Gasteiger partial charge in [-0.2, -0.15) is 0 Å². The van der Waals surface area contributed by atoms with E-state index >= 15 is 0 Å². The maximum absolute atomic E-state index is 12.0. The highest BCUT2D eigenvalue weighted by molar-refractivity contribution is 6.36. The summed E-state index contributed by atoms with van der Waals surface area (Å²) in [5.74, 6) is -1.44. The summed E-state index contributed by atoms with van der Waals surface area (Å²) in [7, 11) is 0. The Kier molecular flexibility index (Phi) is 3.23. The number of amides is 1. The molecule has 21 heavy (non-hydrogen) atoms. The fourth-order valence-corrected chi connectivity index (χ4v) is 2.36. The van der Waals surface area contributed by atoms with Crippen molar-refractivity contribution in [2.24, 2.45) is 0 Å². The number of aromatic carboxylic acids is 1. The molecule has 0 saturated carbocycles. The minimum absolute atomic E-state index is 0.0974. The molecule has 3 rings (SSSR count). The van der Waals surface area contributed by atoms with E-state index in [2.05, 4.69) is 5.32 Å². The molecule has 4 nitrogen and oxygen atoms in total. The molecule has 0 saturated heterocycles. The van der Waals surface area contributed by atoms with Crippen LogP contribution in [0.2, 0.25) is 5.02 Å². The molecule has 1 aliphatic heterocycles. The highest BCUT2D eigenvalue weighted by Crippen LogP contribution is 2.34. The molecule has 0 radical (unpaired) electrons. The van der Waals surface area contributed by atoms with Crippen molar-refractivity contribution >= 4 is 40.8 Å². The summed E-state index contributed by atoms with van der Waals surface area (Å²) in [6.45, 7) is 0. The molecule has 5 heteroatoms. The van der Waals surface area contributed by atoms with Crippen LogP contribution in [0.3, 0.4) is 0 Å². The summed E-state index contributed by atoms with van der Waals surface area (Å²) in [4.78, 5) is 22.7. The van der Waals surface area contributed by atoms with Crippen molar-refractivity contribution in [3.05, 3.63) is 64.2 Å². The van der Waals surface area contributed by atoms with Gasteiger partial charge in [0.2, 0.25) is 0 Å². The predicted molar refractivity (Wildman–Crippen MR) is 78.7 cm³/mol. The number of hydrogen-bond acceptors (Lipinski definition) is 3. The van der Waals surface area contributed by atoms with Crippen molar-refractivity contribution in [2.45, 2.75) is 0 Å². The van der Waals surface area contributed by atoms with E-state index in [1.54, 1.807) is 36.4 Å². The van der Waals surface area contributed by atoms with Crippen LogP contribution in [0.5, 0.6) is 0 Å². The van der Waals surface area contributed by atoms with E-state index in [9.17, 15) is 14.7 Å². The molecule has 0 fully saturated rings. The quantitative estimate of drug-likeness (QED) is 0.864. The van der Waals surface area contributed by atoms with Crippen LogP contribution >= 0.6 is 11.6 Å². The molecule has 1 amide bonds. The van der Waals surface area contributed by atoms with Crippen molar-refractivity contribution in [2.75, 3.05) is 5.32 Å². The number of carbonyl (C=O) groups is 2. The number of benzene rings is 2. The number of carbonyl (C=O) groups excluding carboxylic acids is 2. The molecular weight excluding hydrogens is 290 g/mol. The molecule has 0 unspecified atom stereocenters. The number of hydrogen-bond donors (Lipinski definition) is 1. The second-order valence-corrected chi connectivity index (χ2v) is 5.05. The van der Waals surface area contributed by atoms with E-state index in [0.29, 0.717) is 16.3 Å². The monoisotopic (exact) mass is 298 g/mol. The van der Waals surface area contributed by atoms with E-state index < -0.39 is 5.97 Å². The molecule has 0 bridgehead atoms. The molecule has 0 aromatic heterocycles. The summed E-state index contributed by atoms with van der Waals surface area (Å²) >= 11 is 5.89. The van der Waals surface area contributed by atoms with Crippen LogP contribution in [-0.4, -0.2) is 11.9 Å². The van der Waals surface area contributed by atoms with Gasteiger partial charge in [0.1, 0.15) is 0 Å². The number of halogens is 1. The van der Waals surface area contributed by atoms with E-state index in [-0.39, 0.29) is 11.5 Å². The van der Waals surface area contributed by atoms with Crippen molar-refractivity contribution in [1.82, 2.24) is 0 Å². The first kappa shape index (κ1) is 13.4. The fraction of sp³-hybridized carbons (Fsp3) is 0. The molecule has 0 spiro atoms. The second-order valence-electron chi connectivity index (χ2n) is 4.61. The van der Waals surface area contributed by atoms with Crippen LogP contribution in [0.25, 0.3) is 11.6 Å². The van der Waals surface area contributed by atoms with Gasteiger partial charge in [-0.1, -0.05) is 41.9 Å². The summed E-state index contributed by atoms with van der Waals surface area (Å²) in [5, 5.41) is 14.0. The second kappa shape index (κ2) is 5.07. The largest absolute Gasteiger partial charge is 0.545 e. The smallest absolute Gasteiger partial charge is 0.256 e. The van der Waals surface area contributed by atoms with E-state index in [1.807, 2.05) is 0 Å². The van der Waals surface area contributed by atoms with Crippen LogP contribution in [0.4, 0.5) is 5.69 Å². The van der Waals surface area contributed by atoms with Crippen LogP contribution in [0.15, 0.2) is 42.5 Å². The Morgan fingerprint density at radius 3 is 2.52 bits per heavy atom. The van der Waals surface area contributed by atoms with E-state index in [4.69, 9.17) is 11.6 Å². The average Bonchev–Trinajstić information content (AvgIpc) is 2.75. The molecule has 1 N–H and O–H groups in total. The Labute approximate surface area is 125 Å². The number of carboxylic acid groups (broad SMARTS) is 1. The fourth-order valence-electron chi connectivity index (χ4n) is 2.19. The lowest BCUT2D eigenvalue weighted by Crippen LogP contribution is -2.21. The number of fused-ring (bicyclic) bond motifs is 1. The van der Waals surface area contributed by atoms with Crippen molar-refractivity contribution in [3.8, 4) is 0 Å². The summed E-state index contributed by atoms with van der Waals surface area (Å²) < 4.78 is 0. The predicted octanol–water partition coefficient (Wildman–Crippen LogP) is 2.20. The Hall–Kier alpha value is -2.59. The number of nitrogens with one attached hydrogen (secondary N) is 1. The topological polar surface area (TPSA) is 69.2 Å². The molecular formula is C16H9ClNO3-. The zero-order valence-corrected chi connectivity index (χ0v) is 11.5. The highest BCUT2D eigenvalue weighted by Gasteiger charge is 2.23. The van der Waals surface area contributed by atoms with Gasteiger partial charge in [-0.3, -0.25) is 4.79 Å². The molecule has 0 aliphatic carbocycles. The van der Waals surface area contributed by atoms with Crippen LogP contribution in [-0.2, 0) is 4.79 Å². The molecule has 2 aromatic rings. The summed E-state index contributed by atoms with van der Waals surface area (Å²) in [6, 6.07) is 11.3. The van der Waals surface area contributed by atoms with E-state index in [1.165, 1.54) is 12.1 Å². The Morgan fingerprint density at radius 2 is 1.86 bits per heavy atom. The molecule has 2 aromatic carbocycles. The molecule has 1 aliphatic rings. The lowest BCUT2D eigenvalue weighted by molar-refractivity contribution is -0.255.